The molecule has 0 spiro atoms. The lowest BCUT2D eigenvalue weighted by Gasteiger charge is -1.89. The van der Waals surface area contributed by atoms with E-state index in [0.29, 0.717) is 12.8 Å². The van der Waals surface area contributed by atoms with Crippen LogP contribution in [-0.2, 0) is 11.2 Å². The third kappa shape index (κ3) is 2.78. The van der Waals surface area contributed by atoms with Gasteiger partial charge in [-0.05, 0) is 28.8 Å². The lowest BCUT2D eigenvalue weighted by Crippen LogP contribution is -2.00. The van der Waals surface area contributed by atoms with E-state index in [-0.39, 0.29) is 5.78 Å². The predicted molar refractivity (Wildman–Crippen MR) is 47.3 cm³/mol. The van der Waals surface area contributed by atoms with Gasteiger partial charge in [0, 0.05) is 6.42 Å². The summed E-state index contributed by atoms with van der Waals surface area (Å²) in [5, 5.41) is 3.98. The molecule has 4 heteroatoms. The molecular formula is C8H8N2OS. The highest BCUT2D eigenvalue weighted by Crippen LogP contribution is 2.07. The van der Waals surface area contributed by atoms with Crippen molar-refractivity contribution in [3.63, 3.8) is 0 Å². The minimum atomic E-state index is -0.149. The van der Waals surface area contributed by atoms with Crippen molar-refractivity contribution < 1.29 is 9.58 Å². The largest absolute Gasteiger partial charge is 0.361 e. The fourth-order valence-corrected chi connectivity index (χ4v) is 1.53. The predicted octanol–water partition coefficient (Wildman–Crippen LogP) is 1.55. The molecule has 0 amide bonds. The fraction of sp³-hybridized carbons (Fsp3) is 0.250. The van der Waals surface area contributed by atoms with E-state index in [1.165, 1.54) is 0 Å². The Morgan fingerprint density at radius 2 is 2.58 bits per heavy atom. The number of ketones is 1. The number of carbonyl (C=O) groups is 1. The number of carbonyl (C=O) groups excluding carboxylic acids is 1. The molecule has 0 aliphatic heterocycles. The first-order valence-electron chi connectivity index (χ1n) is 3.54. The number of rotatable bonds is 4. The smallest absolute Gasteiger partial charge is 0.323 e. The van der Waals surface area contributed by atoms with E-state index in [0.717, 1.165) is 11.8 Å². The molecule has 0 aromatic carbocycles. The Kier molecular flexibility index (Phi) is 3.38. The van der Waals surface area contributed by atoms with Crippen LogP contribution in [0.4, 0.5) is 0 Å². The van der Waals surface area contributed by atoms with E-state index < -0.39 is 0 Å². The van der Waals surface area contributed by atoms with Crippen LogP contribution in [-0.4, -0.2) is 16.8 Å². The molecular weight excluding hydrogens is 172 g/mol. The first kappa shape index (κ1) is 8.84. The van der Waals surface area contributed by atoms with E-state index in [1.807, 2.05) is 16.8 Å². The van der Waals surface area contributed by atoms with Crippen molar-refractivity contribution >= 4 is 23.3 Å². The van der Waals surface area contributed by atoms with Crippen molar-refractivity contribution in [3.05, 3.63) is 27.9 Å². The molecule has 0 bridgehead atoms. The molecule has 0 aliphatic carbocycles. The summed E-state index contributed by atoms with van der Waals surface area (Å²) in [4.78, 5) is 13.5. The molecule has 0 atom stereocenters. The van der Waals surface area contributed by atoms with Gasteiger partial charge in [0.15, 0.2) is 0 Å². The summed E-state index contributed by atoms with van der Waals surface area (Å²) in [5.41, 5.74) is 9.20. The number of thiophene rings is 1. The molecule has 0 saturated carbocycles. The Balaban J connectivity index is 2.36. The summed E-state index contributed by atoms with van der Waals surface area (Å²) in [6.45, 7) is 0. The zero-order chi connectivity index (χ0) is 8.81. The highest BCUT2D eigenvalue weighted by Gasteiger charge is 2.02. The topological polar surface area (TPSA) is 53.5 Å². The maximum Gasteiger partial charge on any atom is 0.323 e. The average Bonchev–Trinajstić information content (AvgIpc) is 2.53. The summed E-state index contributed by atoms with van der Waals surface area (Å²) >= 11 is 1.61. The molecule has 62 valence electrons. The summed E-state index contributed by atoms with van der Waals surface area (Å²) in [6.07, 6.45) is 2.06. The van der Waals surface area contributed by atoms with Gasteiger partial charge in [0.1, 0.15) is 0 Å². The van der Waals surface area contributed by atoms with Crippen LogP contribution in [0.1, 0.15) is 12.0 Å². The zero-order valence-electron chi connectivity index (χ0n) is 6.43. The minimum absolute atomic E-state index is 0.149. The number of Topliss-reactive ketones (excluding diaryl/α,β-unsaturated/α-hetero) is 1. The molecule has 0 fully saturated rings. The molecule has 0 N–H and O–H groups in total. The summed E-state index contributed by atoms with van der Waals surface area (Å²) < 4.78 is 0. The van der Waals surface area contributed by atoms with Crippen LogP contribution in [0.15, 0.2) is 16.8 Å². The second-order valence-corrected chi connectivity index (χ2v) is 3.12. The van der Waals surface area contributed by atoms with Gasteiger partial charge in [0.2, 0.25) is 5.78 Å². The van der Waals surface area contributed by atoms with E-state index in [4.69, 9.17) is 5.53 Å². The van der Waals surface area contributed by atoms with Crippen LogP contribution in [0.25, 0.3) is 5.53 Å². The lowest BCUT2D eigenvalue weighted by atomic mass is 10.1. The number of nitrogens with zero attached hydrogens (tertiary/aromatic N) is 2. The molecule has 1 rings (SSSR count). The van der Waals surface area contributed by atoms with Crippen molar-refractivity contribution in [1.82, 2.24) is 0 Å². The van der Waals surface area contributed by atoms with Crippen LogP contribution in [0.3, 0.4) is 0 Å². The van der Waals surface area contributed by atoms with Crippen LogP contribution in [0.5, 0.6) is 0 Å². The van der Waals surface area contributed by atoms with Gasteiger partial charge in [0.05, 0.1) is 0 Å². The van der Waals surface area contributed by atoms with Gasteiger partial charge < -0.3 is 5.53 Å². The van der Waals surface area contributed by atoms with Crippen molar-refractivity contribution in [2.24, 2.45) is 0 Å². The van der Waals surface area contributed by atoms with Crippen LogP contribution in [0, 0.1) is 0 Å². The second-order valence-electron chi connectivity index (χ2n) is 2.34. The molecule has 12 heavy (non-hydrogen) atoms. The maximum atomic E-state index is 10.8. The molecule has 0 radical (unpaired) electrons. The van der Waals surface area contributed by atoms with Gasteiger partial charge in [-0.2, -0.15) is 16.1 Å². The number of hydrogen-bond donors (Lipinski definition) is 0. The summed E-state index contributed by atoms with van der Waals surface area (Å²) in [5.74, 6) is -0.149. The van der Waals surface area contributed by atoms with Crippen molar-refractivity contribution in [1.29, 1.82) is 0 Å². The van der Waals surface area contributed by atoms with Gasteiger partial charge >= 0.3 is 6.21 Å². The monoisotopic (exact) mass is 180 g/mol. The highest BCUT2D eigenvalue weighted by molar-refractivity contribution is 7.07. The molecule has 0 unspecified atom stereocenters. The van der Waals surface area contributed by atoms with E-state index in [9.17, 15) is 4.79 Å². The van der Waals surface area contributed by atoms with Crippen molar-refractivity contribution in [2.75, 3.05) is 0 Å². The van der Waals surface area contributed by atoms with E-state index in [1.54, 1.807) is 11.3 Å². The van der Waals surface area contributed by atoms with Crippen LogP contribution < -0.4 is 0 Å². The number of aryl methyl sites for hydroxylation is 1. The highest BCUT2D eigenvalue weighted by atomic mass is 32.1. The molecule has 0 saturated heterocycles. The van der Waals surface area contributed by atoms with Crippen molar-refractivity contribution in [3.8, 4) is 0 Å². The average molecular weight is 180 g/mol. The standard InChI is InChI=1S/C8H8N2OS/c9-10-5-8(11)2-1-7-3-4-12-6-7/h3-6H,1-2H2. The second kappa shape index (κ2) is 4.59. The van der Waals surface area contributed by atoms with Crippen molar-refractivity contribution in [2.45, 2.75) is 12.8 Å². The SMILES string of the molecule is [N-]=[N+]=CC(=O)CCc1ccsc1. The van der Waals surface area contributed by atoms with E-state index >= 15 is 0 Å². The van der Waals surface area contributed by atoms with Gasteiger partial charge in [0.25, 0.3) is 0 Å². The van der Waals surface area contributed by atoms with E-state index in [2.05, 4.69) is 4.79 Å². The molecule has 1 heterocycles. The normalized spacial score (nSPS) is 9.00. The molecule has 0 aliphatic rings. The minimum Gasteiger partial charge on any atom is -0.361 e. The Bertz CT molecular complexity index is 299. The zero-order valence-corrected chi connectivity index (χ0v) is 7.25. The first-order chi connectivity index (χ1) is 5.83. The van der Waals surface area contributed by atoms with Gasteiger partial charge in [-0.1, -0.05) is 0 Å². The summed E-state index contributed by atoms with van der Waals surface area (Å²) in [6, 6.07) is 1.98. The fourth-order valence-electron chi connectivity index (χ4n) is 0.831. The molecule has 3 nitrogen and oxygen atoms in total. The van der Waals surface area contributed by atoms with Gasteiger partial charge in [-0.25, -0.2) is 0 Å². The maximum absolute atomic E-state index is 10.8. The lowest BCUT2D eigenvalue weighted by molar-refractivity contribution is -0.116. The Hall–Kier alpha value is -1.25. The van der Waals surface area contributed by atoms with Gasteiger partial charge in [-0.15, -0.1) is 0 Å². The third-order valence-corrected chi connectivity index (χ3v) is 2.17. The number of hydrogen-bond acceptors (Lipinski definition) is 2. The van der Waals surface area contributed by atoms with Gasteiger partial charge in [-0.3, -0.25) is 4.79 Å². The Morgan fingerprint density at radius 3 is 3.17 bits per heavy atom. The third-order valence-electron chi connectivity index (χ3n) is 1.44. The molecule has 1 aromatic heterocycles. The Labute approximate surface area is 74.3 Å². The van der Waals surface area contributed by atoms with Crippen LogP contribution in [0.2, 0.25) is 0 Å². The summed E-state index contributed by atoms with van der Waals surface area (Å²) in [7, 11) is 0. The van der Waals surface area contributed by atoms with Crippen LogP contribution >= 0.6 is 11.3 Å². The Morgan fingerprint density at radius 1 is 1.75 bits per heavy atom. The first-order valence-corrected chi connectivity index (χ1v) is 4.48. The molecule has 1 aromatic rings. The quantitative estimate of drug-likeness (QED) is 0.394.